The number of hydrogen-bond acceptors (Lipinski definition) is 2. The second kappa shape index (κ2) is 7.78. The fourth-order valence-corrected chi connectivity index (χ4v) is 2.12. The van der Waals surface area contributed by atoms with Crippen molar-refractivity contribution in [3.05, 3.63) is 75.3 Å². The highest BCUT2D eigenvalue weighted by molar-refractivity contribution is 6.36. The number of halogens is 2. The molecular weight excluding hydrogens is 319 g/mol. The van der Waals surface area contributed by atoms with E-state index in [0.29, 0.717) is 15.6 Å². The molecule has 112 valence electrons. The van der Waals surface area contributed by atoms with Crippen LogP contribution in [0, 0.1) is 6.92 Å². The number of hydrogen-bond donors (Lipinski definition) is 1. The van der Waals surface area contributed by atoms with Gasteiger partial charge in [-0.05, 0) is 30.7 Å². The molecule has 0 atom stereocenters. The minimum atomic E-state index is -0.318. The summed E-state index contributed by atoms with van der Waals surface area (Å²) in [7, 11) is 0. The molecule has 0 aliphatic heterocycles. The Bertz CT molecular complexity index is 722. The third-order valence-corrected chi connectivity index (χ3v) is 3.41. The van der Waals surface area contributed by atoms with Gasteiger partial charge in [-0.2, -0.15) is 5.10 Å². The number of hydrazone groups is 1. The molecule has 2 rings (SSSR count). The van der Waals surface area contributed by atoms with Crippen molar-refractivity contribution in [3.63, 3.8) is 0 Å². The first kappa shape index (κ1) is 16.3. The topological polar surface area (TPSA) is 41.5 Å². The highest BCUT2D eigenvalue weighted by Gasteiger charge is 1.98. The molecule has 0 spiro atoms. The summed E-state index contributed by atoms with van der Waals surface area (Å²) in [6, 6.07) is 12.9. The zero-order valence-electron chi connectivity index (χ0n) is 11.9. The maximum Gasteiger partial charge on any atom is 0.264 e. The van der Waals surface area contributed by atoms with Crippen LogP contribution in [0.15, 0.2) is 53.6 Å². The number of carbonyl (C=O) groups is 1. The van der Waals surface area contributed by atoms with Crippen molar-refractivity contribution < 1.29 is 4.79 Å². The van der Waals surface area contributed by atoms with Crippen LogP contribution in [0.5, 0.6) is 0 Å². The molecule has 1 N–H and O–H groups in total. The average Bonchev–Trinajstić information content (AvgIpc) is 2.49. The molecule has 2 aromatic carbocycles. The molecule has 0 saturated carbocycles. The van der Waals surface area contributed by atoms with E-state index in [1.165, 1.54) is 17.9 Å². The Morgan fingerprint density at radius 3 is 2.55 bits per heavy atom. The number of nitrogens with zero attached hydrogens (tertiary/aromatic N) is 1. The quantitative estimate of drug-likeness (QED) is 0.501. The van der Waals surface area contributed by atoms with E-state index in [2.05, 4.69) is 10.5 Å². The van der Waals surface area contributed by atoms with Crippen LogP contribution < -0.4 is 5.43 Å². The summed E-state index contributed by atoms with van der Waals surface area (Å²) in [5.41, 5.74) is 5.20. The van der Waals surface area contributed by atoms with Gasteiger partial charge in [0, 0.05) is 16.7 Å². The van der Waals surface area contributed by atoms with Gasteiger partial charge in [0.1, 0.15) is 0 Å². The van der Waals surface area contributed by atoms with E-state index in [0.717, 1.165) is 5.56 Å². The lowest BCUT2D eigenvalue weighted by atomic mass is 10.1. The van der Waals surface area contributed by atoms with E-state index in [1.54, 1.807) is 24.3 Å². The lowest BCUT2D eigenvalue weighted by molar-refractivity contribution is -0.116. The van der Waals surface area contributed by atoms with Gasteiger partial charge in [0.05, 0.1) is 11.2 Å². The fraction of sp³-hybridized carbons (Fsp3) is 0.0588. The van der Waals surface area contributed by atoms with Crippen LogP contribution >= 0.6 is 23.2 Å². The summed E-state index contributed by atoms with van der Waals surface area (Å²) in [5.74, 6) is -0.318. The normalized spacial score (nSPS) is 11.2. The van der Waals surface area contributed by atoms with Crippen molar-refractivity contribution in [2.24, 2.45) is 5.10 Å². The van der Waals surface area contributed by atoms with Crippen molar-refractivity contribution in [1.29, 1.82) is 0 Å². The Morgan fingerprint density at radius 1 is 1.14 bits per heavy atom. The number of carbonyl (C=O) groups excluding carboxylic acids is 1. The van der Waals surface area contributed by atoms with E-state index < -0.39 is 0 Å². The largest absolute Gasteiger partial charge is 0.268 e. The van der Waals surface area contributed by atoms with Crippen LogP contribution in [0.4, 0.5) is 0 Å². The molecular formula is C17H14Cl2N2O. The monoisotopic (exact) mass is 332 g/mol. The molecule has 22 heavy (non-hydrogen) atoms. The van der Waals surface area contributed by atoms with E-state index in [4.69, 9.17) is 23.2 Å². The molecule has 3 nitrogen and oxygen atoms in total. The minimum absolute atomic E-state index is 0.318. The lowest BCUT2D eigenvalue weighted by Gasteiger charge is -1.98. The Balaban J connectivity index is 1.92. The zero-order chi connectivity index (χ0) is 15.9. The van der Waals surface area contributed by atoms with Crippen molar-refractivity contribution in [3.8, 4) is 0 Å². The molecule has 2 aromatic rings. The molecule has 0 bridgehead atoms. The number of benzene rings is 2. The van der Waals surface area contributed by atoms with Crippen molar-refractivity contribution in [2.45, 2.75) is 6.92 Å². The van der Waals surface area contributed by atoms with Gasteiger partial charge in [0.15, 0.2) is 0 Å². The van der Waals surface area contributed by atoms with Crippen LogP contribution in [0.25, 0.3) is 6.08 Å². The number of rotatable bonds is 4. The Kier molecular flexibility index (Phi) is 5.75. The predicted molar refractivity (Wildman–Crippen MR) is 92.4 cm³/mol. The maximum absolute atomic E-state index is 11.6. The molecule has 1 amide bonds. The Hall–Kier alpha value is -2.10. The molecule has 5 heteroatoms. The van der Waals surface area contributed by atoms with Gasteiger partial charge in [-0.15, -0.1) is 0 Å². The SMILES string of the molecule is Cc1ccc(/C=C/C(=O)N/N=C\c2ccc(Cl)cc2Cl)cc1. The minimum Gasteiger partial charge on any atom is -0.268 e. The second-order valence-electron chi connectivity index (χ2n) is 4.64. The van der Waals surface area contributed by atoms with Gasteiger partial charge in [-0.1, -0.05) is 59.1 Å². The fourth-order valence-electron chi connectivity index (χ4n) is 1.66. The summed E-state index contributed by atoms with van der Waals surface area (Å²) in [5, 5.41) is 4.88. The van der Waals surface area contributed by atoms with Crippen molar-refractivity contribution in [1.82, 2.24) is 5.43 Å². The second-order valence-corrected chi connectivity index (χ2v) is 5.49. The van der Waals surface area contributed by atoms with Crippen LogP contribution in [-0.2, 0) is 4.79 Å². The lowest BCUT2D eigenvalue weighted by Crippen LogP contribution is -2.14. The average molecular weight is 333 g/mol. The standard InChI is InChI=1S/C17H14Cl2N2O/c1-12-2-4-13(5-3-12)6-9-17(22)21-20-11-14-7-8-15(18)10-16(14)19/h2-11H,1H3,(H,21,22)/b9-6+,20-11-. The highest BCUT2D eigenvalue weighted by Crippen LogP contribution is 2.19. The molecule has 0 saturated heterocycles. The zero-order valence-corrected chi connectivity index (χ0v) is 13.4. The van der Waals surface area contributed by atoms with Gasteiger partial charge in [-0.25, -0.2) is 5.43 Å². The van der Waals surface area contributed by atoms with Gasteiger partial charge in [-0.3, -0.25) is 4.79 Å². The maximum atomic E-state index is 11.6. The molecule has 0 aliphatic rings. The third-order valence-electron chi connectivity index (χ3n) is 2.85. The van der Waals surface area contributed by atoms with Crippen LogP contribution in [0.3, 0.4) is 0 Å². The van der Waals surface area contributed by atoms with Crippen LogP contribution in [-0.4, -0.2) is 12.1 Å². The summed E-state index contributed by atoms with van der Waals surface area (Å²) < 4.78 is 0. The first-order chi connectivity index (χ1) is 10.5. The number of amides is 1. The number of nitrogens with one attached hydrogen (secondary N) is 1. The number of aryl methyl sites for hydroxylation is 1. The van der Waals surface area contributed by atoms with Crippen molar-refractivity contribution in [2.75, 3.05) is 0 Å². The molecule has 0 unspecified atom stereocenters. The van der Waals surface area contributed by atoms with Crippen LogP contribution in [0.1, 0.15) is 16.7 Å². The smallest absolute Gasteiger partial charge is 0.264 e. The molecule has 0 fully saturated rings. The molecule has 0 aromatic heterocycles. The summed E-state index contributed by atoms with van der Waals surface area (Å²) in [6.45, 7) is 2.01. The van der Waals surface area contributed by atoms with E-state index in [9.17, 15) is 4.79 Å². The first-order valence-electron chi connectivity index (χ1n) is 6.57. The van der Waals surface area contributed by atoms with E-state index in [-0.39, 0.29) is 5.91 Å². The van der Waals surface area contributed by atoms with E-state index >= 15 is 0 Å². The first-order valence-corrected chi connectivity index (χ1v) is 7.33. The van der Waals surface area contributed by atoms with Gasteiger partial charge in [0.2, 0.25) is 0 Å². The predicted octanol–water partition coefficient (Wildman–Crippen LogP) is 4.47. The third kappa shape index (κ3) is 5.02. The highest BCUT2D eigenvalue weighted by atomic mass is 35.5. The van der Waals surface area contributed by atoms with Gasteiger partial charge < -0.3 is 0 Å². The van der Waals surface area contributed by atoms with Crippen molar-refractivity contribution >= 4 is 41.4 Å². The molecule has 0 radical (unpaired) electrons. The van der Waals surface area contributed by atoms with Gasteiger partial charge in [0.25, 0.3) is 5.91 Å². The summed E-state index contributed by atoms with van der Waals surface area (Å²) in [4.78, 5) is 11.6. The van der Waals surface area contributed by atoms with Crippen LogP contribution in [0.2, 0.25) is 10.0 Å². The summed E-state index contributed by atoms with van der Waals surface area (Å²) >= 11 is 11.8. The Labute approximate surface area is 139 Å². The molecule has 0 heterocycles. The summed E-state index contributed by atoms with van der Waals surface area (Å²) in [6.07, 6.45) is 4.61. The van der Waals surface area contributed by atoms with Gasteiger partial charge >= 0.3 is 0 Å². The van der Waals surface area contributed by atoms with E-state index in [1.807, 2.05) is 31.2 Å². The molecule has 0 aliphatic carbocycles. The Morgan fingerprint density at radius 2 is 1.86 bits per heavy atom.